The van der Waals surface area contributed by atoms with Crippen molar-refractivity contribution in [1.82, 2.24) is 4.98 Å². The Bertz CT molecular complexity index is 539. The number of ether oxygens (including phenoxy) is 1. The third kappa shape index (κ3) is 3.04. The van der Waals surface area contributed by atoms with Crippen LogP contribution in [-0.4, -0.2) is 17.4 Å². The van der Waals surface area contributed by atoms with E-state index in [9.17, 15) is 4.79 Å². The number of hydrogen-bond donors (Lipinski definition) is 0. The van der Waals surface area contributed by atoms with E-state index in [2.05, 4.69) is 27.6 Å². The van der Waals surface area contributed by atoms with Crippen LogP contribution in [0.2, 0.25) is 0 Å². The Labute approximate surface area is 117 Å². The molecule has 0 aliphatic heterocycles. The predicted octanol–water partition coefficient (Wildman–Crippen LogP) is 3.38. The van der Waals surface area contributed by atoms with E-state index in [1.165, 1.54) is 0 Å². The first-order valence-electron chi connectivity index (χ1n) is 5.07. The SMILES string of the molecule is CCOc1cncc(C(=O)c2csc(I)c2)c1. The van der Waals surface area contributed by atoms with Gasteiger partial charge in [0.2, 0.25) is 0 Å². The molecule has 0 aromatic carbocycles. The highest BCUT2D eigenvalue weighted by Crippen LogP contribution is 2.20. The largest absolute Gasteiger partial charge is 0.492 e. The van der Waals surface area contributed by atoms with Gasteiger partial charge in [-0.3, -0.25) is 9.78 Å². The number of nitrogens with zero attached hydrogens (tertiary/aromatic N) is 1. The minimum atomic E-state index is -0.0155. The Balaban J connectivity index is 2.27. The molecule has 2 aromatic heterocycles. The molecule has 0 aliphatic carbocycles. The van der Waals surface area contributed by atoms with Crippen molar-refractivity contribution in [3.05, 3.63) is 43.9 Å². The average Bonchev–Trinajstić information content (AvgIpc) is 2.76. The number of carbonyl (C=O) groups is 1. The molecule has 0 amide bonds. The van der Waals surface area contributed by atoms with E-state index in [4.69, 9.17) is 4.74 Å². The van der Waals surface area contributed by atoms with Crippen molar-refractivity contribution in [2.75, 3.05) is 6.61 Å². The van der Waals surface area contributed by atoms with Gasteiger partial charge in [0.05, 0.1) is 15.7 Å². The highest BCUT2D eigenvalue weighted by atomic mass is 127. The molecule has 17 heavy (non-hydrogen) atoms. The number of halogens is 1. The second-order valence-electron chi connectivity index (χ2n) is 3.31. The normalized spacial score (nSPS) is 10.2. The summed E-state index contributed by atoms with van der Waals surface area (Å²) in [6.07, 6.45) is 3.17. The Kier molecular flexibility index (Phi) is 4.11. The molecule has 0 aliphatic rings. The van der Waals surface area contributed by atoms with Gasteiger partial charge in [0.15, 0.2) is 5.78 Å². The maximum atomic E-state index is 12.1. The first-order valence-corrected chi connectivity index (χ1v) is 7.03. The fraction of sp³-hybridized carbons (Fsp3) is 0.167. The summed E-state index contributed by atoms with van der Waals surface area (Å²) < 4.78 is 6.42. The first kappa shape index (κ1) is 12.5. The zero-order chi connectivity index (χ0) is 12.3. The molecule has 0 bridgehead atoms. The van der Waals surface area contributed by atoms with E-state index in [-0.39, 0.29) is 5.78 Å². The predicted molar refractivity (Wildman–Crippen MR) is 75.9 cm³/mol. The van der Waals surface area contributed by atoms with Crippen LogP contribution < -0.4 is 4.74 Å². The number of aromatic nitrogens is 1. The van der Waals surface area contributed by atoms with E-state index in [0.29, 0.717) is 23.5 Å². The highest BCUT2D eigenvalue weighted by molar-refractivity contribution is 14.1. The molecule has 0 unspecified atom stereocenters. The van der Waals surface area contributed by atoms with Gasteiger partial charge in [-0.25, -0.2) is 0 Å². The quantitative estimate of drug-likeness (QED) is 0.621. The van der Waals surface area contributed by atoms with Crippen molar-refractivity contribution < 1.29 is 9.53 Å². The minimum Gasteiger partial charge on any atom is -0.492 e. The van der Waals surface area contributed by atoms with Gasteiger partial charge in [-0.1, -0.05) is 0 Å². The molecular weight excluding hydrogens is 349 g/mol. The van der Waals surface area contributed by atoms with E-state index in [0.717, 1.165) is 2.88 Å². The van der Waals surface area contributed by atoms with Crippen molar-refractivity contribution in [2.24, 2.45) is 0 Å². The zero-order valence-corrected chi connectivity index (χ0v) is 12.1. The van der Waals surface area contributed by atoms with Crippen molar-refractivity contribution in [3.63, 3.8) is 0 Å². The summed E-state index contributed by atoms with van der Waals surface area (Å²) in [6, 6.07) is 3.60. The summed E-state index contributed by atoms with van der Waals surface area (Å²) in [5, 5.41) is 1.86. The van der Waals surface area contributed by atoms with Gasteiger partial charge in [-0.15, -0.1) is 11.3 Å². The highest BCUT2D eigenvalue weighted by Gasteiger charge is 2.12. The molecule has 0 N–H and O–H groups in total. The van der Waals surface area contributed by atoms with E-state index in [1.807, 2.05) is 18.4 Å². The minimum absolute atomic E-state index is 0.0155. The number of hydrogen-bond acceptors (Lipinski definition) is 4. The lowest BCUT2D eigenvalue weighted by molar-refractivity contribution is 0.103. The lowest BCUT2D eigenvalue weighted by Crippen LogP contribution is -2.01. The molecular formula is C12H10INO2S. The lowest BCUT2D eigenvalue weighted by Gasteiger charge is -2.03. The monoisotopic (exact) mass is 359 g/mol. The van der Waals surface area contributed by atoms with Crippen LogP contribution in [0.25, 0.3) is 0 Å². The van der Waals surface area contributed by atoms with E-state index in [1.54, 1.807) is 29.8 Å². The van der Waals surface area contributed by atoms with Crippen molar-refractivity contribution >= 4 is 39.7 Å². The van der Waals surface area contributed by atoms with Crippen LogP contribution in [0, 0.1) is 2.88 Å². The van der Waals surface area contributed by atoms with Crippen molar-refractivity contribution in [2.45, 2.75) is 6.92 Å². The van der Waals surface area contributed by atoms with Gasteiger partial charge in [0.25, 0.3) is 0 Å². The van der Waals surface area contributed by atoms with Gasteiger partial charge in [0, 0.05) is 22.7 Å². The second-order valence-corrected chi connectivity index (χ2v) is 6.12. The third-order valence-electron chi connectivity index (χ3n) is 2.12. The number of ketones is 1. The molecule has 5 heteroatoms. The molecule has 2 aromatic rings. The molecule has 0 spiro atoms. The maximum Gasteiger partial charge on any atom is 0.195 e. The Morgan fingerprint density at radius 1 is 1.41 bits per heavy atom. The van der Waals surface area contributed by atoms with Crippen LogP contribution in [0.1, 0.15) is 22.8 Å². The second kappa shape index (κ2) is 5.59. The molecule has 88 valence electrons. The Morgan fingerprint density at radius 3 is 2.88 bits per heavy atom. The summed E-state index contributed by atoms with van der Waals surface area (Å²) in [7, 11) is 0. The van der Waals surface area contributed by atoms with Gasteiger partial charge >= 0.3 is 0 Å². The third-order valence-corrected chi connectivity index (χ3v) is 3.91. The molecule has 0 atom stereocenters. The number of rotatable bonds is 4. The van der Waals surface area contributed by atoms with Crippen LogP contribution in [0.4, 0.5) is 0 Å². The summed E-state index contributed by atoms with van der Waals surface area (Å²) in [4.78, 5) is 16.1. The zero-order valence-electron chi connectivity index (χ0n) is 9.14. The fourth-order valence-corrected chi connectivity index (χ4v) is 2.71. The van der Waals surface area contributed by atoms with Gasteiger partial charge in [-0.2, -0.15) is 0 Å². The molecule has 0 radical (unpaired) electrons. The van der Waals surface area contributed by atoms with Crippen LogP contribution in [-0.2, 0) is 0 Å². The van der Waals surface area contributed by atoms with Crippen LogP contribution in [0.5, 0.6) is 5.75 Å². The van der Waals surface area contributed by atoms with Gasteiger partial charge < -0.3 is 4.74 Å². The Morgan fingerprint density at radius 2 is 2.24 bits per heavy atom. The average molecular weight is 359 g/mol. The van der Waals surface area contributed by atoms with Crippen LogP contribution in [0.3, 0.4) is 0 Å². The Hall–Kier alpha value is -0.950. The first-order chi connectivity index (χ1) is 8.20. The van der Waals surface area contributed by atoms with E-state index < -0.39 is 0 Å². The number of thiophene rings is 1. The fourth-order valence-electron chi connectivity index (χ4n) is 1.38. The molecule has 2 rings (SSSR count). The van der Waals surface area contributed by atoms with E-state index >= 15 is 0 Å². The molecule has 0 saturated carbocycles. The standard InChI is InChI=1S/C12H10INO2S/c1-2-16-10-3-8(5-14-6-10)12(15)9-4-11(13)17-7-9/h3-7H,2H2,1H3. The summed E-state index contributed by atoms with van der Waals surface area (Å²) in [6.45, 7) is 2.46. The van der Waals surface area contributed by atoms with Crippen LogP contribution >= 0.6 is 33.9 Å². The molecule has 3 nitrogen and oxygen atoms in total. The van der Waals surface area contributed by atoms with Gasteiger partial charge in [0.1, 0.15) is 5.75 Å². The number of carbonyl (C=O) groups excluding carboxylic acids is 1. The summed E-state index contributed by atoms with van der Waals surface area (Å²) in [5.41, 5.74) is 1.26. The number of pyridine rings is 1. The summed E-state index contributed by atoms with van der Waals surface area (Å²) in [5.74, 6) is 0.612. The maximum absolute atomic E-state index is 12.1. The van der Waals surface area contributed by atoms with Crippen molar-refractivity contribution in [3.8, 4) is 5.75 Å². The van der Waals surface area contributed by atoms with Gasteiger partial charge in [-0.05, 0) is 41.6 Å². The topological polar surface area (TPSA) is 39.2 Å². The lowest BCUT2D eigenvalue weighted by atomic mass is 10.1. The molecule has 0 fully saturated rings. The smallest absolute Gasteiger partial charge is 0.195 e. The molecule has 2 heterocycles. The van der Waals surface area contributed by atoms with Crippen molar-refractivity contribution in [1.29, 1.82) is 0 Å². The molecule has 0 saturated heterocycles. The van der Waals surface area contributed by atoms with Crippen LogP contribution in [0.15, 0.2) is 29.9 Å². The summed E-state index contributed by atoms with van der Waals surface area (Å²) >= 11 is 3.76.